The first-order valence-electron chi connectivity index (χ1n) is 5.46. The van der Waals surface area contributed by atoms with Crippen LogP contribution >= 0.6 is 15.9 Å². The van der Waals surface area contributed by atoms with E-state index >= 15 is 0 Å². The Morgan fingerprint density at radius 1 is 0.950 bits per heavy atom. The molecule has 1 N–H and O–H groups in total. The molecule has 0 amide bonds. The number of nitrogens with one attached hydrogen (secondary N) is 1. The van der Waals surface area contributed by atoms with E-state index in [0.717, 1.165) is 12.1 Å². The highest BCUT2D eigenvalue weighted by molar-refractivity contribution is 9.10. The number of hydrogen-bond acceptors (Lipinski definition) is 1. The summed E-state index contributed by atoms with van der Waals surface area (Å²) in [6.45, 7) is 0. The Balaban J connectivity index is 2.23. The largest absolute Gasteiger partial charge is 0.338 e. The molecule has 0 radical (unpaired) electrons. The van der Waals surface area contributed by atoms with Crippen molar-refractivity contribution in [1.82, 2.24) is 9.97 Å². The average Bonchev–Trinajstić information content (AvgIpc) is 2.79. The van der Waals surface area contributed by atoms with E-state index in [1.54, 1.807) is 0 Å². The highest BCUT2D eigenvalue weighted by Crippen LogP contribution is 2.28. The number of halogens is 5. The topological polar surface area (TPSA) is 28.7 Å². The zero-order chi connectivity index (χ0) is 14.4. The van der Waals surface area contributed by atoms with Gasteiger partial charge >= 0.3 is 0 Å². The van der Waals surface area contributed by atoms with Crippen molar-refractivity contribution in [2.45, 2.75) is 0 Å². The summed E-state index contributed by atoms with van der Waals surface area (Å²) in [6.07, 6.45) is 0. The van der Waals surface area contributed by atoms with Gasteiger partial charge in [-0.1, -0.05) is 0 Å². The molecule has 0 unspecified atom stereocenters. The first-order valence-corrected chi connectivity index (χ1v) is 6.25. The van der Waals surface area contributed by atoms with E-state index in [1.165, 1.54) is 12.1 Å². The monoisotopic (exact) mass is 344 g/mol. The number of aromatic amines is 1. The number of H-pyrrole nitrogens is 1. The van der Waals surface area contributed by atoms with Gasteiger partial charge in [0, 0.05) is 6.07 Å². The summed E-state index contributed by atoms with van der Waals surface area (Å²) < 4.78 is 53.3. The summed E-state index contributed by atoms with van der Waals surface area (Å²) >= 11 is 3.00. The lowest BCUT2D eigenvalue weighted by Gasteiger charge is -2.00. The second-order valence-corrected chi connectivity index (χ2v) is 4.95. The number of benzene rings is 2. The standard InChI is InChI=1S/C13H5BrF4N2/c14-6-3-9-10(4-8(6)16)20-13(19-9)5-1-2-7(15)12(18)11(5)17/h1-4H,(H,19,20). The molecule has 2 aromatic carbocycles. The van der Waals surface area contributed by atoms with Gasteiger partial charge in [0.2, 0.25) is 0 Å². The molecule has 102 valence electrons. The Labute approximate surface area is 118 Å². The number of fused-ring (bicyclic) bond motifs is 1. The van der Waals surface area contributed by atoms with E-state index in [-0.39, 0.29) is 15.9 Å². The molecule has 3 rings (SSSR count). The van der Waals surface area contributed by atoms with Crippen molar-refractivity contribution in [2.24, 2.45) is 0 Å². The SMILES string of the molecule is Fc1cc2[nH]c(-c3ccc(F)c(F)c3F)nc2cc1Br. The number of aromatic nitrogens is 2. The fraction of sp³-hybridized carbons (Fsp3) is 0. The maximum atomic E-state index is 13.7. The van der Waals surface area contributed by atoms with E-state index in [0.29, 0.717) is 11.0 Å². The quantitative estimate of drug-likeness (QED) is 0.509. The highest BCUT2D eigenvalue weighted by Gasteiger charge is 2.17. The molecule has 3 aromatic rings. The van der Waals surface area contributed by atoms with Crippen molar-refractivity contribution in [3.05, 3.63) is 52.0 Å². The smallest absolute Gasteiger partial charge is 0.195 e. The minimum Gasteiger partial charge on any atom is -0.338 e. The molecular formula is C13H5BrF4N2. The first kappa shape index (κ1) is 13.1. The maximum Gasteiger partial charge on any atom is 0.195 e. The Morgan fingerprint density at radius 3 is 2.45 bits per heavy atom. The van der Waals surface area contributed by atoms with Crippen LogP contribution in [0.3, 0.4) is 0 Å². The fourth-order valence-corrected chi connectivity index (χ4v) is 2.17. The molecule has 20 heavy (non-hydrogen) atoms. The van der Waals surface area contributed by atoms with Crippen LogP contribution in [0.4, 0.5) is 17.6 Å². The summed E-state index contributed by atoms with van der Waals surface area (Å²) in [6, 6.07) is 4.45. The lowest BCUT2D eigenvalue weighted by molar-refractivity contribution is 0.448. The summed E-state index contributed by atoms with van der Waals surface area (Å²) in [4.78, 5) is 6.70. The van der Waals surface area contributed by atoms with Gasteiger partial charge in [0.1, 0.15) is 11.6 Å². The molecule has 1 heterocycles. The van der Waals surface area contributed by atoms with Crippen LogP contribution in [0.5, 0.6) is 0 Å². The molecule has 0 saturated heterocycles. The Kier molecular flexibility index (Phi) is 3.01. The lowest BCUT2D eigenvalue weighted by Crippen LogP contribution is -1.94. The predicted molar refractivity (Wildman–Crippen MR) is 69.1 cm³/mol. The zero-order valence-electron chi connectivity index (χ0n) is 9.65. The van der Waals surface area contributed by atoms with Gasteiger partial charge in [0.05, 0.1) is 21.1 Å². The zero-order valence-corrected chi connectivity index (χ0v) is 11.2. The molecule has 1 aromatic heterocycles. The van der Waals surface area contributed by atoms with Crippen LogP contribution < -0.4 is 0 Å². The van der Waals surface area contributed by atoms with Crippen LogP contribution in [0.1, 0.15) is 0 Å². The van der Waals surface area contributed by atoms with Gasteiger partial charge in [-0.2, -0.15) is 0 Å². The van der Waals surface area contributed by atoms with Crippen LogP contribution in [0, 0.1) is 23.3 Å². The summed E-state index contributed by atoms with van der Waals surface area (Å²) in [7, 11) is 0. The number of imidazole rings is 1. The number of nitrogens with zero attached hydrogens (tertiary/aromatic N) is 1. The maximum absolute atomic E-state index is 13.7. The van der Waals surface area contributed by atoms with Gasteiger partial charge in [0.25, 0.3) is 0 Å². The molecule has 0 aliphatic rings. The Morgan fingerprint density at radius 2 is 1.70 bits per heavy atom. The summed E-state index contributed by atoms with van der Waals surface area (Å²) in [5, 5.41) is 0. The van der Waals surface area contributed by atoms with Crippen molar-refractivity contribution in [3.8, 4) is 11.4 Å². The third-order valence-electron chi connectivity index (χ3n) is 2.81. The molecule has 0 spiro atoms. The summed E-state index contributed by atoms with van der Waals surface area (Å²) in [5.41, 5.74) is 0.471. The summed E-state index contributed by atoms with van der Waals surface area (Å²) in [5.74, 6) is -4.72. The van der Waals surface area contributed by atoms with Crippen molar-refractivity contribution < 1.29 is 17.6 Å². The van der Waals surface area contributed by atoms with E-state index < -0.39 is 23.3 Å². The third-order valence-corrected chi connectivity index (χ3v) is 3.42. The van der Waals surface area contributed by atoms with E-state index in [2.05, 4.69) is 25.9 Å². The van der Waals surface area contributed by atoms with Crippen LogP contribution in [0.15, 0.2) is 28.7 Å². The van der Waals surface area contributed by atoms with E-state index in [9.17, 15) is 17.6 Å². The van der Waals surface area contributed by atoms with E-state index in [4.69, 9.17) is 0 Å². The van der Waals surface area contributed by atoms with Crippen LogP contribution in [-0.4, -0.2) is 9.97 Å². The molecule has 2 nitrogen and oxygen atoms in total. The molecular weight excluding hydrogens is 340 g/mol. The van der Waals surface area contributed by atoms with E-state index in [1.807, 2.05) is 0 Å². The van der Waals surface area contributed by atoms with Gasteiger partial charge in [-0.05, 0) is 34.1 Å². The lowest BCUT2D eigenvalue weighted by atomic mass is 10.2. The number of hydrogen-bond donors (Lipinski definition) is 1. The first-order chi connectivity index (χ1) is 9.47. The molecule has 0 fully saturated rings. The predicted octanol–water partition coefficient (Wildman–Crippen LogP) is 4.55. The van der Waals surface area contributed by atoms with Gasteiger partial charge in [0.15, 0.2) is 17.5 Å². The molecule has 7 heteroatoms. The third kappa shape index (κ3) is 1.98. The fourth-order valence-electron chi connectivity index (χ4n) is 1.84. The van der Waals surface area contributed by atoms with Gasteiger partial charge < -0.3 is 4.98 Å². The molecule has 0 aliphatic heterocycles. The van der Waals surface area contributed by atoms with Gasteiger partial charge in [-0.25, -0.2) is 22.5 Å². The average molecular weight is 345 g/mol. The van der Waals surface area contributed by atoms with Crippen molar-refractivity contribution >= 4 is 27.0 Å². The molecule has 0 bridgehead atoms. The van der Waals surface area contributed by atoms with Crippen LogP contribution in [-0.2, 0) is 0 Å². The van der Waals surface area contributed by atoms with Crippen LogP contribution in [0.25, 0.3) is 22.4 Å². The van der Waals surface area contributed by atoms with Crippen molar-refractivity contribution in [1.29, 1.82) is 0 Å². The molecule has 0 saturated carbocycles. The van der Waals surface area contributed by atoms with Gasteiger partial charge in [-0.3, -0.25) is 0 Å². The minimum atomic E-state index is -1.57. The second kappa shape index (κ2) is 4.59. The van der Waals surface area contributed by atoms with Crippen molar-refractivity contribution in [3.63, 3.8) is 0 Å². The van der Waals surface area contributed by atoms with Gasteiger partial charge in [-0.15, -0.1) is 0 Å². The minimum absolute atomic E-state index is 0.00565. The Hall–Kier alpha value is -1.89. The number of rotatable bonds is 1. The Bertz CT molecular complexity index is 790. The second-order valence-electron chi connectivity index (χ2n) is 4.09. The normalized spacial score (nSPS) is 11.2. The van der Waals surface area contributed by atoms with Crippen LogP contribution in [0.2, 0.25) is 0 Å². The molecule has 0 atom stereocenters. The van der Waals surface area contributed by atoms with Crippen molar-refractivity contribution in [2.75, 3.05) is 0 Å². The highest BCUT2D eigenvalue weighted by atomic mass is 79.9. The molecule has 0 aliphatic carbocycles.